The molecule has 5 rings (SSSR count). The van der Waals surface area contributed by atoms with Gasteiger partial charge in [0.15, 0.2) is 0 Å². The Morgan fingerprint density at radius 1 is 1.14 bits per heavy atom. The number of anilines is 1. The number of likely N-dealkylation sites (tertiary alicyclic amines) is 1. The number of hydrogen-bond acceptors (Lipinski definition) is 6. The molecule has 29 heavy (non-hydrogen) atoms. The van der Waals surface area contributed by atoms with E-state index in [1.54, 1.807) is 6.07 Å². The lowest BCUT2D eigenvalue weighted by Crippen LogP contribution is -2.42. The van der Waals surface area contributed by atoms with Crippen molar-refractivity contribution in [2.24, 2.45) is 17.8 Å². The van der Waals surface area contributed by atoms with Crippen LogP contribution in [0, 0.1) is 17.8 Å². The largest absolute Gasteiger partial charge is 0.393 e. The molecule has 1 unspecified atom stereocenters. The number of fused-ring (bicyclic) bond motifs is 2. The molecule has 0 bridgehead atoms. The molecular weight excluding hydrogens is 401 g/mol. The van der Waals surface area contributed by atoms with Gasteiger partial charge in [-0.1, -0.05) is 0 Å². The molecule has 3 atom stereocenters. The van der Waals surface area contributed by atoms with E-state index in [1.807, 2.05) is 0 Å². The first-order valence-corrected chi connectivity index (χ1v) is 11.1. The van der Waals surface area contributed by atoms with Crippen LogP contribution in [0.5, 0.6) is 0 Å². The number of halogens is 3. The molecule has 5 nitrogen and oxygen atoms in total. The van der Waals surface area contributed by atoms with Crippen molar-refractivity contribution in [3.8, 4) is 0 Å². The quantitative estimate of drug-likeness (QED) is 0.748. The maximum absolute atomic E-state index is 12.8. The van der Waals surface area contributed by atoms with Gasteiger partial charge in [-0.2, -0.15) is 13.2 Å². The minimum atomic E-state index is -4.20. The molecular formula is C20H25F3N4OS. The molecule has 2 aromatic rings. The Morgan fingerprint density at radius 2 is 2.00 bits per heavy atom. The van der Waals surface area contributed by atoms with Crippen LogP contribution in [0.15, 0.2) is 12.4 Å². The second-order valence-corrected chi connectivity index (χ2v) is 9.74. The molecule has 3 saturated heterocycles. The van der Waals surface area contributed by atoms with Crippen LogP contribution in [0.2, 0.25) is 0 Å². The van der Waals surface area contributed by atoms with E-state index >= 15 is 0 Å². The molecule has 5 heterocycles. The number of aromatic nitrogens is 2. The van der Waals surface area contributed by atoms with Crippen LogP contribution in [0.1, 0.15) is 17.7 Å². The Hall–Kier alpha value is -1.45. The number of ether oxygens (including phenoxy) is 1. The van der Waals surface area contributed by atoms with Crippen LogP contribution in [0.25, 0.3) is 10.2 Å². The summed E-state index contributed by atoms with van der Waals surface area (Å²) in [7, 11) is 0. The van der Waals surface area contributed by atoms with Crippen molar-refractivity contribution in [3.05, 3.63) is 17.3 Å². The predicted molar refractivity (Wildman–Crippen MR) is 106 cm³/mol. The van der Waals surface area contributed by atoms with Crippen molar-refractivity contribution in [2.45, 2.75) is 25.4 Å². The van der Waals surface area contributed by atoms with Gasteiger partial charge in [0, 0.05) is 37.7 Å². The van der Waals surface area contributed by atoms with Gasteiger partial charge in [-0.3, -0.25) is 0 Å². The highest BCUT2D eigenvalue weighted by molar-refractivity contribution is 7.18. The maximum atomic E-state index is 12.8. The smallest absolute Gasteiger partial charge is 0.381 e. The molecule has 0 aromatic carbocycles. The number of piperidine rings is 1. The van der Waals surface area contributed by atoms with E-state index in [2.05, 4.69) is 19.8 Å². The third-order valence-electron chi connectivity index (χ3n) is 6.46. The summed E-state index contributed by atoms with van der Waals surface area (Å²) in [5.74, 6) is 2.67. The van der Waals surface area contributed by atoms with E-state index in [4.69, 9.17) is 4.74 Å². The van der Waals surface area contributed by atoms with Crippen molar-refractivity contribution in [1.29, 1.82) is 0 Å². The normalized spacial score (nSPS) is 28.4. The third-order valence-corrected chi connectivity index (χ3v) is 7.50. The molecule has 9 heteroatoms. The highest BCUT2D eigenvalue weighted by Crippen LogP contribution is 2.38. The molecule has 0 aliphatic carbocycles. The molecule has 158 valence electrons. The number of alkyl halides is 3. The van der Waals surface area contributed by atoms with Gasteiger partial charge >= 0.3 is 6.18 Å². The van der Waals surface area contributed by atoms with Crippen molar-refractivity contribution in [3.63, 3.8) is 0 Å². The van der Waals surface area contributed by atoms with Gasteiger partial charge in [-0.15, -0.1) is 11.3 Å². The lowest BCUT2D eigenvalue weighted by atomic mass is 9.88. The van der Waals surface area contributed by atoms with Gasteiger partial charge in [0.2, 0.25) is 0 Å². The van der Waals surface area contributed by atoms with Crippen molar-refractivity contribution >= 4 is 27.4 Å². The standard InChI is InChI=1S/C20H25F3N4OS/c21-20(22,23)6-16-5-17-18(24-12-25-19(17)29-16)27-9-14-1-3-26(8-15(14)10-27)7-13-2-4-28-11-13/h5,12-15H,1-4,6-11H2/t13?,14-,15+/m1/s1. The minimum Gasteiger partial charge on any atom is -0.381 e. The molecule has 3 fully saturated rings. The lowest BCUT2D eigenvalue weighted by Gasteiger charge is -2.35. The molecule has 3 aliphatic heterocycles. The van der Waals surface area contributed by atoms with Gasteiger partial charge < -0.3 is 14.5 Å². The fraction of sp³-hybridized carbons (Fsp3) is 0.700. The highest BCUT2D eigenvalue weighted by atomic mass is 32.1. The summed E-state index contributed by atoms with van der Waals surface area (Å²) in [6, 6.07) is 1.64. The third kappa shape index (κ3) is 4.22. The summed E-state index contributed by atoms with van der Waals surface area (Å²) >= 11 is 1.12. The summed E-state index contributed by atoms with van der Waals surface area (Å²) in [6.45, 7) is 6.95. The number of nitrogens with zero attached hydrogens (tertiary/aromatic N) is 4. The first-order chi connectivity index (χ1) is 13.9. The molecule has 2 aromatic heterocycles. The van der Waals surface area contributed by atoms with Crippen LogP contribution in [-0.2, 0) is 11.2 Å². The van der Waals surface area contributed by atoms with Crippen molar-refractivity contribution < 1.29 is 17.9 Å². The van der Waals surface area contributed by atoms with Crippen molar-refractivity contribution in [2.75, 3.05) is 50.8 Å². The van der Waals surface area contributed by atoms with Crippen LogP contribution >= 0.6 is 11.3 Å². The Balaban J connectivity index is 1.30. The van der Waals surface area contributed by atoms with E-state index < -0.39 is 12.6 Å². The summed E-state index contributed by atoms with van der Waals surface area (Å²) in [4.78, 5) is 14.5. The first kappa shape index (κ1) is 19.5. The Labute approximate surface area is 171 Å². The zero-order valence-electron chi connectivity index (χ0n) is 16.2. The molecule has 0 radical (unpaired) electrons. The zero-order valence-corrected chi connectivity index (χ0v) is 17.0. The fourth-order valence-electron chi connectivity index (χ4n) is 5.10. The summed E-state index contributed by atoms with van der Waals surface area (Å²) in [5, 5.41) is 0.760. The second-order valence-electron chi connectivity index (χ2n) is 8.62. The van der Waals surface area contributed by atoms with Gasteiger partial charge in [-0.25, -0.2) is 9.97 Å². The molecule has 0 amide bonds. The first-order valence-electron chi connectivity index (χ1n) is 10.3. The van der Waals surface area contributed by atoms with Crippen LogP contribution in [-0.4, -0.2) is 67.0 Å². The van der Waals surface area contributed by atoms with Gasteiger partial charge in [0.1, 0.15) is 17.0 Å². The van der Waals surface area contributed by atoms with Gasteiger partial charge in [0.25, 0.3) is 0 Å². The SMILES string of the molecule is FC(F)(F)Cc1cc2c(N3C[C@H]4CCN(CC5CCOC5)C[C@H]4C3)ncnc2s1. The number of rotatable bonds is 4. The van der Waals surface area contributed by atoms with Crippen LogP contribution in [0.3, 0.4) is 0 Å². The molecule has 0 N–H and O–H groups in total. The predicted octanol–water partition coefficient (Wildman–Crippen LogP) is 3.59. The maximum Gasteiger partial charge on any atom is 0.393 e. The monoisotopic (exact) mass is 426 g/mol. The van der Waals surface area contributed by atoms with E-state index in [-0.39, 0.29) is 0 Å². The van der Waals surface area contributed by atoms with Crippen LogP contribution in [0.4, 0.5) is 19.0 Å². The minimum absolute atomic E-state index is 0.302. The van der Waals surface area contributed by atoms with E-state index in [1.165, 1.54) is 12.7 Å². The number of thiophene rings is 1. The van der Waals surface area contributed by atoms with Gasteiger partial charge in [-0.05, 0) is 43.2 Å². The summed E-state index contributed by atoms with van der Waals surface area (Å²) in [6.07, 6.45) is -1.29. The zero-order chi connectivity index (χ0) is 20.0. The van der Waals surface area contributed by atoms with E-state index in [9.17, 15) is 13.2 Å². The molecule has 3 aliphatic rings. The van der Waals surface area contributed by atoms with E-state index in [0.717, 1.165) is 74.9 Å². The average molecular weight is 427 g/mol. The average Bonchev–Trinajstić information content (AvgIpc) is 3.38. The van der Waals surface area contributed by atoms with Gasteiger partial charge in [0.05, 0.1) is 18.4 Å². The summed E-state index contributed by atoms with van der Waals surface area (Å²) in [5.41, 5.74) is 0. The Morgan fingerprint density at radius 3 is 2.79 bits per heavy atom. The molecule has 0 spiro atoms. The number of hydrogen-bond donors (Lipinski definition) is 0. The second kappa shape index (κ2) is 7.67. The van der Waals surface area contributed by atoms with Crippen molar-refractivity contribution in [1.82, 2.24) is 14.9 Å². The van der Waals surface area contributed by atoms with E-state index in [0.29, 0.717) is 27.5 Å². The Bertz CT molecular complexity index is 867. The fourth-order valence-corrected chi connectivity index (χ4v) is 6.13. The molecule has 0 saturated carbocycles. The topological polar surface area (TPSA) is 41.5 Å². The van der Waals surface area contributed by atoms with Crippen LogP contribution < -0.4 is 4.90 Å². The Kier molecular flexibility index (Phi) is 5.16. The summed E-state index contributed by atoms with van der Waals surface area (Å²) < 4.78 is 43.9. The lowest BCUT2D eigenvalue weighted by molar-refractivity contribution is -0.126. The highest BCUT2D eigenvalue weighted by Gasteiger charge is 2.39.